The highest BCUT2D eigenvalue weighted by Gasteiger charge is 2.19. The molecule has 0 unspecified atom stereocenters. The average Bonchev–Trinajstić information content (AvgIpc) is 3.26. The lowest BCUT2D eigenvalue weighted by Crippen LogP contribution is -2.15. The van der Waals surface area contributed by atoms with Crippen LogP contribution in [0.3, 0.4) is 0 Å². The number of nitrogens with zero attached hydrogens (tertiary/aromatic N) is 2. The Morgan fingerprint density at radius 2 is 2.04 bits per heavy atom. The van der Waals surface area contributed by atoms with Gasteiger partial charge in [0.05, 0.1) is 5.56 Å². The second-order valence-corrected chi connectivity index (χ2v) is 7.50. The summed E-state index contributed by atoms with van der Waals surface area (Å²) < 4.78 is 7.25. The molecule has 0 aliphatic carbocycles. The van der Waals surface area contributed by atoms with Gasteiger partial charge in [-0.25, -0.2) is 9.78 Å². The standard InChI is InChI=1S/C20H19ClN2O3S/c1-13-11-17(14(2)23(13)9-7-15-5-4-10-27-15)18(24)12-26-20(25)16-6-3-8-22-19(16)21/h3-6,8,10-11H,7,9,12H2,1-2H3. The fourth-order valence-electron chi connectivity index (χ4n) is 2.93. The summed E-state index contributed by atoms with van der Waals surface area (Å²) in [4.78, 5) is 29.8. The minimum absolute atomic E-state index is 0.0571. The normalized spacial score (nSPS) is 10.8. The van der Waals surface area contributed by atoms with Crippen LogP contribution in [0.4, 0.5) is 0 Å². The van der Waals surface area contributed by atoms with E-state index >= 15 is 0 Å². The second kappa shape index (κ2) is 8.50. The molecule has 5 nitrogen and oxygen atoms in total. The number of aromatic nitrogens is 2. The van der Waals surface area contributed by atoms with Crippen molar-refractivity contribution in [2.75, 3.05) is 6.61 Å². The Balaban J connectivity index is 1.65. The highest BCUT2D eigenvalue weighted by molar-refractivity contribution is 7.09. The van der Waals surface area contributed by atoms with E-state index in [1.54, 1.807) is 17.4 Å². The van der Waals surface area contributed by atoms with E-state index in [9.17, 15) is 9.59 Å². The van der Waals surface area contributed by atoms with Crippen molar-refractivity contribution in [2.24, 2.45) is 0 Å². The van der Waals surface area contributed by atoms with Crippen molar-refractivity contribution in [1.82, 2.24) is 9.55 Å². The molecule has 0 bridgehead atoms. The summed E-state index contributed by atoms with van der Waals surface area (Å²) in [5, 5.41) is 2.12. The summed E-state index contributed by atoms with van der Waals surface area (Å²) in [6, 6.07) is 9.09. The number of rotatable bonds is 7. The van der Waals surface area contributed by atoms with Crippen LogP contribution in [0.15, 0.2) is 41.9 Å². The minimum atomic E-state index is -0.659. The Kier molecular flexibility index (Phi) is 6.08. The van der Waals surface area contributed by atoms with Gasteiger partial charge in [-0.2, -0.15) is 0 Å². The summed E-state index contributed by atoms with van der Waals surface area (Å²) >= 11 is 7.60. The molecule has 0 aliphatic rings. The Bertz CT molecular complexity index is 964. The second-order valence-electron chi connectivity index (χ2n) is 6.11. The van der Waals surface area contributed by atoms with Gasteiger partial charge < -0.3 is 9.30 Å². The first-order valence-electron chi connectivity index (χ1n) is 8.47. The first-order chi connectivity index (χ1) is 13.0. The van der Waals surface area contributed by atoms with Gasteiger partial charge in [0, 0.05) is 34.6 Å². The maximum absolute atomic E-state index is 12.5. The van der Waals surface area contributed by atoms with Crippen LogP contribution in [-0.4, -0.2) is 27.9 Å². The first-order valence-corrected chi connectivity index (χ1v) is 9.73. The van der Waals surface area contributed by atoms with Crippen LogP contribution < -0.4 is 0 Å². The molecule has 0 aliphatic heterocycles. The SMILES string of the molecule is Cc1cc(C(=O)COC(=O)c2cccnc2Cl)c(C)n1CCc1cccs1. The molecule has 0 saturated heterocycles. The zero-order valence-electron chi connectivity index (χ0n) is 15.1. The molecule has 27 heavy (non-hydrogen) atoms. The van der Waals surface area contributed by atoms with Gasteiger partial charge in [0.15, 0.2) is 6.61 Å². The molecular formula is C20H19ClN2O3S. The van der Waals surface area contributed by atoms with Crippen molar-refractivity contribution >= 4 is 34.7 Å². The Hall–Kier alpha value is -2.44. The molecule has 3 aromatic heterocycles. The van der Waals surface area contributed by atoms with Crippen molar-refractivity contribution in [2.45, 2.75) is 26.8 Å². The molecular weight excluding hydrogens is 384 g/mol. The summed E-state index contributed by atoms with van der Waals surface area (Å²) in [6.45, 7) is 4.35. The molecule has 3 heterocycles. The number of carbonyl (C=O) groups excluding carboxylic acids is 2. The zero-order chi connectivity index (χ0) is 19.4. The van der Waals surface area contributed by atoms with Crippen LogP contribution in [0, 0.1) is 13.8 Å². The van der Waals surface area contributed by atoms with Crippen LogP contribution in [0.1, 0.15) is 37.0 Å². The summed E-state index contributed by atoms with van der Waals surface area (Å²) in [5.74, 6) is -0.896. The molecule has 140 valence electrons. The van der Waals surface area contributed by atoms with Crippen molar-refractivity contribution < 1.29 is 14.3 Å². The molecule has 0 radical (unpaired) electrons. The predicted octanol–water partition coefficient (Wildman–Crippen LogP) is 4.50. The van der Waals surface area contributed by atoms with Crippen LogP contribution in [-0.2, 0) is 17.7 Å². The highest BCUT2D eigenvalue weighted by Crippen LogP contribution is 2.19. The predicted molar refractivity (Wildman–Crippen MR) is 106 cm³/mol. The molecule has 0 N–H and O–H groups in total. The quantitative estimate of drug-likeness (QED) is 0.331. The van der Waals surface area contributed by atoms with Crippen LogP contribution in [0.5, 0.6) is 0 Å². The molecule has 0 saturated carbocycles. The number of pyridine rings is 1. The number of Topliss-reactive ketones (excluding diaryl/α,β-unsaturated/α-hetero) is 1. The zero-order valence-corrected chi connectivity index (χ0v) is 16.6. The van der Waals surface area contributed by atoms with E-state index in [2.05, 4.69) is 21.0 Å². The fourth-order valence-corrected chi connectivity index (χ4v) is 3.82. The van der Waals surface area contributed by atoms with Crippen LogP contribution in [0.25, 0.3) is 0 Å². The van der Waals surface area contributed by atoms with E-state index in [0.717, 1.165) is 24.4 Å². The average molecular weight is 403 g/mol. The van der Waals surface area contributed by atoms with E-state index in [-0.39, 0.29) is 23.1 Å². The van der Waals surface area contributed by atoms with Gasteiger partial charge in [-0.05, 0) is 49.9 Å². The molecule has 0 aromatic carbocycles. The molecule has 0 amide bonds. The maximum Gasteiger partial charge on any atom is 0.341 e. The molecule has 7 heteroatoms. The van der Waals surface area contributed by atoms with E-state index in [1.165, 1.54) is 17.1 Å². The third kappa shape index (κ3) is 4.46. The van der Waals surface area contributed by atoms with Gasteiger partial charge in [0.25, 0.3) is 0 Å². The third-order valence-electron chi connectivity index (χ3n) is 4.35. The fraction of sp³-hybridized carbons (Fsp3) is 0.250. The number of ether oxygens (including phenoxy) is 1. The van der Waals surface area contributed by atoms with Crippen LogP contribution >= 0.6 is 22.9 Å². The molecule has 0 atom stereocenters. The monoisotopic (exact) mass is 402 g/mol. The number of thiophene rings is 1. The van der Waals surface area contributed by atoms with Crippen molar-refractivity contribution in [1.29, 1.82) is 0 Å². The molecule has 3 aromatic rings. The summed E-state index contributed by atoms with van der Waals surface area (Å²) in [5.41, 5.74) is 2.61. The Morgan fingerprint density at radius 3 is 2.74 bits per heavy atom. The summed E-state index contributed by atoms with van der Waals surface area (Å²) in [6.07, 6.45) is 2.39. The topological polar surface area (TPSA) is 61.2 Å². The van der Waals surface area contributed by atoms with Gasteiger partial charge in [-0.1, -0.05) is 17.7 Å². The van der Waals surface area contributed by atoms with Crippen molar-refractivity contribution in [3.05, 3.63) is 74.5 Å². The number of hydrogen-bond donors (Lipinski definition) is 0. The van der Waals surface area contributed by atoms with Gasteiger partial charge in [-0.15, -0.1) is 11.3 Å². The lowest BCUT2D eigenvalue weighted by molar-refractivity contribution is 0.0474. The maximum atomic E-state index is 12.5. The third-order valence-corrected chi connectivity index (χ3v) is 5.59. The smallest absolute Gasteiger partial charge is 0.341 e. The van der Waals surface area contributed by atoms with E-state index in [0.29, 0.717) is 5.56 Å². The van der Waals surface area contributed by atoms with E-state index in [1.807, 2.05) is 26.0 Å². The summed E-state index contributed by atoms with van der Waals surface area (Å²) in [7, 11) is 0. The first kappa shape index (κ1) is 19.3. The van der Waals surface area contributed by atoms with Gasteiger partial charge in [0.1, 0.15) is 5.15 Å². The van der Waals surface area contributed by atoms with Crippen molar-refractivity contribution in [3.8, 4) is 0 Å². The number of aryl methyl sites for hydroxylation is 2. The Labute approximate surface area is 166 Å². The van der Waals surface area contributed by atoms with Crippen LogP contribution in [0.2, 0.25) is 5.15 Å². The largest absolute Gasteiger partial charge is 0.454 e. The molecule has 0 fully saturated rings. The number of halogens is 1. The molecule has 0 spiro atoms. The number of ketones is 1. The number of hydrogen-bond acceptors (Lipinski definition) is 5. The number of esters is 1. The van der Waals surface area contributed by atoms with Crippen molar-refractivity contribution in [3.63, 3.8) is 0 Å². The molecule has 3 rings (SSSR count). The lowest BCUT2D eigenvalue weighted by atomic mass is 10.1. The Morgan fingerprint density at radius 1 is 1.22 bits per heavy atom. The van der Waals surface area contributed by atoms with Gasteiger partial charge in [0.2, 0.25) is 5.78 Å². The number of carbonyl (C=O) groups is 2. The van der Waals surface area contributed by atoms with Gasteiger partial charge in [-0.3, -0.25) is 4.79 Å². The highest BCUT2D eigenvalue weighted by atomic mass is 35.5. The van der Waals surface area contributed by atoms with E-state index < -0.39 is 5.97 Å². The van der Waals surface area contributed by atoms with Gasteiger partial charge >= 0.3 is 5.97 Å². The minimum Gasteiger partial charge on any atom is -0.454 e. The van der Waals surface area contributed by atoms with E-state index in [4.69, 9.17) is 16.3 Å². The lowest BCUT2D eigenvalue weighted by Gasteiger charge is -2.09.